The molecule has 0 saturated carbocycles. The number of esters is 1. The van der Waals surface area contributed by atoms with Crippen LogP contribution >= 0.6 is 11.6 Å². The van der Waals surface area contributed by atoms with Crippen molar-refractivity contribution in [2.75, 3.05) is 12.4 Å². The number of carbonyl (C=O) groups is 1. The SMILES string of the molecule is COC(=O)C1(Cl)Nc2ccccc2C(CC#N)=C1c1ccccc1. The summed E-state index contributed by atoms with van der Waals surface area (Å²) in [6.07, 6.45) is 0.133. The number of fused-ring (bicyclic) bond motifs is 1. The van der Waals surface area contributed by atoms with Gasteiger partial charge in [-0.25, -0.2) is 4.79 Å². The summed E-state index contributed by atoms with van der Waals surface area (Å²) in [6.45, 7) is 0. The molecule has 0 spiro atoms. The van der Waals surface area contributed by atoms with Crippen LogP contribution in [0.3, 0.4) is 0 Å². The van der Waals surface area contributed by atoms with Crippen LogP contribution in [0.4, 0.5) is 5.69 Å². The molecule has 0 bridgehead atoms. The van der Waals surface area contributed by atoms with Crippen LogP contribution in [0.2, 0.25) is 0 Å². The number of carbonyl (C=O) groups excluding carboxylic acids is 1. The quantitative estimate of drug-likeness (QED) is 0.521. The Kier molecular flexibility index (Phi) is 4.28. The number of nitrogens with zero attached hydrogens (tertiary/aromatic N) is 1. The molecule has 24 heavy (non-hydrogen) atoms. The molecule has 5 heteroatoms. The van der Waals surface area contributed by atoms with Gasteiger partial charge in [-0.2, -0.15) is 5.26 Å². The molecule has 2 aromatic carbocycles. The van der Waals surface area contributed by atoms with Crippen molar-refractivity contribution >= 4 is 34.4 Å². The first kappa shape index (κ1) is 16.1. The fourth-order valence-electron chi connectivity index (χ4n) is 2.98. The Labute approximate surface area is 145 Å². The lowest BCUT2D eigenvalue weighted by Gasteiger charge is -2.36. The van der Waals surface area contributed by atoms with E-state index in [9.17, 15) is 10.1 Å². The van der Waals surface area contributed by atoms with Gasteiger partial charge in [0.15, 0.2) is 0 Å². The molecule has 1 unspecified atom stereocenters. The predicted octanol–water partition coefficient (Wildman–Crippen LogP) is 4.04. The summed E-state index contributed by atoms with van der Waals surface area (Å²) in [6, 6.07) is 19.0. The number of hydrogen-bond acceptors (Lipinski definition) is 4. The molecular weight excluding hydrogens is 324 g/mol. The number of rotatable bonds is 3. The lowest BCUT2D eigenvalue weighted by molar-refractivity contribution is -0.141. The highest BCUT2D eigenvalue weighted by Crippen LogP contribution is 2.47. The van der Waals surface area contributed by atoms with E-state index < -0.39 is 11.0 Å². The fraction of sp³-hybridized carbons (Fsp3) is 0.158. The van der Waals surface area contributed by atoms with Crippen LogP contribution in [0.5, 0.6) is 0 Å². The van der Waals surface area contributed by atoms with Crippen LogP contribution in [0, 0.1) is 11.3 Å². The molecule has 1 atom stereocenters. The van der Waals surface area contributed by atoms with Crippen molar-refractivity contribution < 1.29 is 9.53 Å². The van der Waals surface area contributed by atoms with Crippen LogP contribution in [-0.4, -0.2) is 18.1 Å². The van der Waals surface area contributed by atoms with E-state index in [0.29, 0.717) is 11.3 Å². The van der Waals surface area contributed by atoms with E-state index in [-0.39, 0.29) is 6.42 Å². The highest BCUT2D eigenvalue weighted by atomic mass is 35.5. The normalized spacial score (nSPS) is 19.0. The first-order valence-corrected chi connectivity index (χ1v) is 7.80. The topological polar surface area (TPSA) is 62.1 Å². The lowest BCUT2D eigenvalue weighted by Crippen LogP contribution is -2.45. The number of anilines is 1. The molecule has 1 aliphatic rings. The molecule has 0 radical (unpaired) electrons. The van der Waals surface area contributed by atoms with Crippen molar-refractivity contribution in [3.05, 3.63) is 65.7 Å². The summed E-state index contributed by atoms with van der Waals surface area (Å²) in [5.74, 6) is -0.618. The largest absolute Gasteiger partial charge is 0.466 e. The molecule has 1 heterocycles. The van der Waals surface area contributed by atoms with Gasteiger partial charge in [-0.15, -0.1) is 0 Å². The Bertz CT molecular complexity index is 855. The molecule has 2 aromatic rings. The van der Waals surface area contributed by atoms with Crippen molar-refractivity contribution in [2.24, 2.45) is 0 Å². The molecule has 0 aliphatic carbocycles. The van der Waals surface area contributed by atoms with Gasteiger partial charge >= 0.3 is 5.97 Å². The minimum absolute atomic E-state index is 0.133. The summed E-state index contributed by atoms with van der Waals surface area (Å²) >= 11 is 6.73. The number of allylic oxidation sites excluding steroid dienone is 1. The molecule has 1 aliphatic heterocycles. The van der Waals surface area contributed by atoms with Gasteiger partial charge in [0.2, 0.25) is 5.00 Å². The van der Waals surface area contributed by atoms with Gasteiger partial charge in [0, 0.05) is 16.8 Å². The maximum absolute atomic E-state index is 12.5. The Morgan fingerprint density at radius 2 is 1.88 bits per heavy atom. The zero-order chi connectivity index (χ0) is 17.2. The van der Waals surface area contributed by atoms with Crippen LogP contribution in [0.1, 0.15) is 17.5 Å². The lowest BCUT2D eigenvalue weighted by atomic mass is 9.84. The first-order valence-electron chi connectivity index (χ1n) is 7.42. The standard InChI is InChI=1S/C19H15ClN2O2/c1-24-18(23)19(20)17(13-7-3-2-4-8-13)15(11-12-21)14-9-5-6-10-16(14)22-19/h2-10,22H,11H2,1H3. The van der Waals surface area contributed by atoms with Gasteiger partial charge in [0.1, 0.15) is 0 Å². The zero-order valence-electron chi connectivity index (χ0n) is 13.0. The van der Waals surface area contributed by atoms with E-state index in [1.54, 1.807) is 0 Å². The maximum Gasteiger partial charge on any atom is 0.352 e. The number of hydrogen-bond donors (Lipinski definition) is 1. The number of para-hydroxylation sites is 1. The van der Waals surface area contributed by atoms with Gasteiger partial charge in [0.05, 0.1) is 19.6 Å². The zero-order valence-corrected chi connectivity index (χ0v) is 13.8. The van der Waals surface area contributed by atoms with Crippen LogP contribution < -0.4 is 5.32 Å². The monoisotopic (exact) mass is 338 g/mol. The third kappa shape index (κ3) is 2.53. The number of nitriles is 1. The third-order valence-electron chi connectivity index (χ3n) is 3.99. The van der Waals surface area contributed by atoms with Crippen molar-refractivity contribution in [3.63, 3.8) is 0 Å². The molecule has 4 nitrogen and oxygen atoms in total. The summed E-state index contributed by atoms with van der Waals surface area (Å²) in [5.41, 5.74) is 3.60. The maximum atomic E-state index is 12.5. The van der Waals surface area contributed by atoms with Crippen LogP contribution in [0.15, 0.2) is 54.6 Å². The average Bonchev–Trinajstić information content (AvgIpc) is 2.62. The molecule has 0 aromatic heterocycles. The molecule has 0 saturated heterocycles. The Balaban J connectivity index is 2.36. The summed E-state index contributed by atoms with van der Waals surface area (Å²) < 4.78 is 4.94. The minimum atomic E-state index is -1.59. The van der Waals surface area contributed by atoms with Gasteiger partial charge < -0.3 is 10.1 Å². The van der Waals surface area contributed by atoms with Gasteiger partial charge in [0.25, 0.3) is 0 Å². The van der Waals surface area contributed by atoms with Gasteiger partial charge in [-0.05, 0) is 17.2 Å². The predicted molar refractivity (Wildman–Crippen MR) is 94.2 cm³/mol. The number of halogens is 1. The number of alkyl halides is 1. The van der Waals surface area contributed by atoms with Crippen LogP contribution in [0.25, 0.3) is 11.1 Å². The number of methoxy groups -OCH3 is 1. The highest BCUT2D eigenvalue weighted by molar-refractivity contribution is 6.44. The molecular formula is C19H15ClN2O2. The third-order valence-corrected chi connectivity index (χ3v) is 4.43. The van der Waals surface area contributed by atoms with Crippen molar-refractivity contribution in [1.82, 2.24) is 0 Å². The summed E-state index contributed by atoms with van der Waals surface area (Å²) in [4.78, 5) is 10.9. The van der Waals surface area contributed by atoms with Crippen molar-refractivity contribution in [1.29, 1.82) is 5.26 Å². The smallest absolute Gasteiger partial charge is 0.352 e. The summed E-state index contributed by atoms with van der Waals surface area (Å²) in [5, 5.41) is 12.4. The molecule has 120 valence electrons. The Morgan fingerprint density at radius 3 is 2.54 bits per heavy atom. The van der Waals surface area contributed by atoms with E-state index >= 15 is 0 Å². The van der Waals surface area contributed by atoms with E-state index in [0.717, 1.165) is 16.7 Å². The number of ether oxygens (including phenoxy) is 1. The second-order valence-corrected chi connectivity index (χ2v) is 5.94. The second-order valence-electron chi connectivity index (χ2n) is 5.38. The second kappa shape index (κ2) is 6.38. The van der Waals surface area contributed by atoms with Crippen molar-refractivity contribution in [3.8, 4) is 6.07 Å². The first-order chi connectivity index (χ1) is 11.6. The fourth-order valence-corrected chi connectivity index (χ4v) is 3.38. The Hall–Kier alpha value is -2.77. The Morgan fingerprint density at radius 1 is 1.21 bits per heavy atom. The molecule has 3 rings (SSSR count). The molecule has 1 N–H and O–H groups in total. The van der Waals surface area contributed by atoms with Crippen LogP contribution in [-0.2, 0) is 9.53 Å². The average molecular weight is 339 g/mol. The number of benzene rings is 2. The molecule has 0 amide bonds. The minimum Gasteiger partial charge on any atom is -0.466 e. The van der Waals surface area contributed by atoms with Gasteiger partial charge in [-0.3, -0.25) is 0 Å². The van der Waals surface area contributed by atoms with E-state index in [4.69, 9.17) is 16.3 Å². The van der Waals surface area contributed by atoms with Crippen molar-refractivity contribution in [2.45, 2.75) is 11.4 Å². The van der Waals surface area contributed by atoms with E-state index in [2.05, 4.69) is 11.4 Å². The van der Waals surface area contributed by atoms with E-state index in [1.807, 2.05) is 54.6 Å². The van der Waals surface area contributed by atoms with Gasteiger partial charge in [-0.1, -0.05) is 60.1 Å². The highest BCUT2D eigenvalue weighted by Gasteiger charge is 2.47. The molecule has 0 fully saturated rings. The van der Waals surface area contributed by atoms with E-state index in [1.165, 1.54) is 7.11 Å². The number of nitrogens with one attached hydrogen (secondary N) is 1. The summed E-state index contributed by atoms with van der Waals surface area (Å²) in [7, 11) is 1.29.